The summed E-state index contributed by atoms with van der Waals surface area (Å²) < 4.78 is 0. The molecule has 0 saturated heterocycles. The van der Waals surface area contributed by atoms with Crippen LogP contribution < -0.4 is 0 Å². The van der Waals surface area contributed by atoms with Gasteiger partial charge >= 0.3 is 0 Å². The van der Waals surface area contributed by atoms with Gasteiger partial charge in [0.2, 0.25) is 6.04 Å². The summed E-state index contributed by atoms with van der Waals surface area (Å²) in [5.74, 6) is 0.285. The Kier molecular flexibility index (Phi) is 2.85. The molecule has 64 valence electrons. The molecule has 1 fully saturated rings. The SMILES string of the molecule is CC1CCCCCC1[N+](=O)[O-]. The zero-order chi connectivity index (χ0) is 8.27. The van der Waals surface area contributed by atoms with Gasteiger partial charge in [-0.15, -0.1) is 0 Å². The molecule has 0 aliphatic heterocycles. The Bertz CT molecular complexity index is 147. The maximum atomic E-state index is 10.5. The molecule has 0 aromatic rings. The van der Waals surface area contributed by atoms with E-state index in [1.807, 2.05) is 6.92 Å². The van der Waals surface area contributed by atoms with Gasteiger partial charge in [0.25, 0.3) is 0 Å². The lowest BCUT2D eigenvalue weighted by Crippen LogP contribution is -2.25. The minimum Gasteiger partial charge on any atom is -0.264 e. The highest BCUT2D eigenvalue weighted by molar-refractivity contribution is 4.69. The van der Waals surface area contributed by atoms with Gasteiger partial charge in [0, 0.05) is 17.3 Å². The van der Waals surface area contributed by atoms with Gasteiger partial charge in [0.1, 0.15) is 0 Å². The molecule has 0 radical (unpaired) electrons. The van der Waals surface area contributed by atoms with Gasteiger partial charge in [-0.05, 0) is 12.8 Å². The van der Waals surface area contributed by atoms with Gasteiger partial charge in [-0.3, -0.25) is 10.1 Å². The van der Waals surface area contributed by atoms with Crippen molar-refractivity contribution < 1.29 is 4.92 Å². The van der Waals surface area contributed by atoms with Crippen LogP contribution in [0.1, 0.15) is 39.0 Å². The fourth-order valence-electron chi connectivity index (χ4n) is 1.79. The first-order chi connectivity index (χ1) is 5.22. The van der Waals surface area contributed by atoms with Gasteiger partial charge in [0.05, 0.1) is 0 Å². The largest absolute Gasteiger partial charge is 0.264 e. The summed E-state index contributed by atoms with van der Waals surface area (Å²) >= 11 is 0. The first kappa shape index (κ1) is 8.50. The van der Waals surface area contributed by atoms with Crippen molar-refractivity contribution in [2.45, 2.75) is 45.1 Å². The van der Waals surface area contributed by atoms with E-state index < -0.39 is 0 Å². The Balaban J connectivity index is 2.52. The van der Waals surface area contributed by atoms with Gasteiger partial charge in [-0.2, -0.15) is 0 Å². The number of hydrogen-bond donors (Lipinski definition) is 0. The Morgan fingerprint density at radius 1 is 1.27 bits per heavy atom. The van der Waals surface area contributed by atoms with Crippen LogP contribution in [0.4, 0.5) is 0 Å². The standard InChI is InChI=1S/C8H15NO2/c1-7-5-3-2-4-6-8(7)9(10)11/h7-8H,2-6H2,1H3. The zero-order valence-electron chi connectivity index (χ0n) is 6.95. The molecule has 3 nitrogen and oxygen atoms in total. The molecule has 2 atom stereocenters. The molecule has 0 heterocycles. The first-order valence-electron chi connectivity index (χ1n) is 4.35. The van der Waals surface area contributed by atoms with Crippen LogP contribution in [0.5, 0.6) is 0 Å². The molecule has 11 heavy (non-hydrogen) atoms. The average molecular weight is 157 g/mol. The lowest BCUT2D eigenvalue weighted by Gasteiger charge is -2.12. The third-order valence-corrected chi connectivity index (χ3v) is 2.59. The minimum absolute atomic E-state index is 0.101. The number of nitro groups is 1. The number of hydrogen-bond acceptors (Lipinski definition) is 2. The second kappa shape index (κ2) is 3.69. The van der Waals surface area contributed by atoms with E-state index in [1.165, 1.54) is 12.8 Å². The van der Waals surface area contributed by atoms with Crippen molar-refractivity contribution in [1.29, 1.82) is 0 Å². The number of rotatable bonds is 1. The molecule has 0 bridgehead atoms. The maximum Gasteiger partial charge on any atom is 0.215 e. The Labute approximate surface area is 66.9 Å². The van der Waals surface area contributed by atoms with Gasteiger partial charge in [-0.1, -0.05) is 19.8 Å². The molecular formula is C8H15NO2. The van der Waals surface area contributed by atoms with E-state index in [4.69, 9.17) is 0 Å². The van der Waals surface area contributed by atoms with Gasteiger partial charge in [-0.25, -0.2) is 0 Å². The highest BCUT2D eigenvalue weighted by Gasteiger charge is 2.28. The molecule has 1 aliphatic rings. The summed E-state index contributed by atoms with van der Waals surface area (Å²) in [4.78, 5) is 10.4. The topological polar surface area (TPSA) is 43.1 Å². The molecule has 0 spiro atoms. The van der Waals surface area contributed by atoms with E-state index in [0.717, 1.165) is 19.3 Å². The van der Waals surface area contributed by atoms with Crippen molar-refractivity contribution in [3.05, 3.63) is 10.1 Å². The predicted molar refractivity (Wildman–Crippen MR) is 43.0 cm³/mol. The van der Waals surface area contributed by atoms with Crippen LogP contribution in [0.25, 0.3) is 0 Å². The highest BCUT2D eigenvalue weighted by atomic mass is 16.6. The number of nitrogens with zero attached hydrogens (tertiary/aromatic N) is 1. The van der Waals surface area contributed by atoms with Crippen molar-refractivity contribution in [3.63, 3.8) is 0 Å². The van der Waals surface area contributed by atoms with E-state index in [2.05, 4.69) is 0 Å². The zero-order valence-corrected chi connectivity index (χ0v) is 6.95. The van der Waals surface area contributed by atoms with Crippen molar-refractivity contribution in [1.82, 2.24) is 0 Å². The van der Waals surface area contributed by atoms with Crippen molar-refractivity contribution in [2.24, 2.45) is 5.92 Å². The Hall–Kier alpha value is -0.600. The highest BCUT2D eigenvalue weighted by Crippen LogP contribution is 2.24. The average Bonchev–Trinajstić information content (AvgIpc) is 2.13. The quantitative estimate of drug-likeness (QED) is 0.333. The van der Waals surface area contributed by atoms with Gasteiger partial charge < -0.3 is 0 Å². The monoisotopic (exact) mass is 157 g/mol. The molecule has 0 N–H and O–H groups in total. The first-order valence-corrected chi connectivity index (χ1v) is 4.35. The van der Waals surface area contributed by atoms with Crippen LogP contribution in [0, 0.1) is 16.0 Å². The smallest absolute Gasteiger partial charge is 0.215 e. The van der Waals surface area contributed by atoms with Gasteiger partial charge in [0.15, 0.2) is 0 Å². The molecule has 3 heteroatoms. The molecule has 1 aliphatic carbocycles. The van der Waals surface area contributed by atoms with Crippen LogP contribution in [-0.4, -0.2) is 11.0 Å². The van der Waals surface area contributed by atoms with Crippen LogP contribution in [0.3, 0.4) is 0 Å². The summed E-state index contributed by atoms with van der Waals surface area (Å²) in [6.45, 7) is 2.00. The molecule has 2 unspecified atom stereocenters. The van der Waals surface area contributed by atoms with Crippen LogP contribution >= 0.6 is 0 Å². The fourth-order valence-corrected chi connectivity index (χ4v) is 1.79. The van der Waals surface area contributed by atoms with E-state index in [9.17, 15) is 10.1 Å². The van der Waals surface area contributed by atoms with E-state index in [0.29, 0.717) is 0 Å². The van der Waals surface area contributed by atoms with E-state index in [-0.39, 0.29) is 16.9 Å². The van der Waals surface area contributed by atoms with Crippen LogP contribution in [0.2, 0.25) is 0 Å². The Morgan fingerprint density at radius 3 is 2.55 bits per heavy atom. The summed E-state index contributed by atoms with van der Waals surface area (Å²) in [6.07, 6.45) is 5.20. The second-order valence-corrected chi connectivity index (χ2v) is 3.47. The second-order valence-electron chi connectivity index (χ2n) is 3.47. The van der Waals surface area contributed by atoms with E-state index in [1.54, 1.807) is 0 Å². The lowest BCUT2D eigenvalue weighted by molar-refractivity contribution is -0.532. The molecule has 0 amide bonds. The normalized spacial score (nSPS) is 32.8. The summed E-state index contributed by atoms with van der Waals surface area (Å²) in [5, 5.41) is 10.5. The fraction of sp³-hybridized carbons (Fsp3) is 1.00. The lowest BCUT2D eigenvalue weighted by atomic mass is 9.98. The maximum absolute atomic E-state index is 10.5. The molecule has 0 aromatic carbocycles. The molecular weight excluding hydrogens is 142 g/mol. The molecule has 1 rings (SSSR count). The van der Waals surface area contributed by atoms with Crippen molar-refractivity contribution >= 4 is 0 Å². The van der Waals surface area contributed by atoms with Crippen LogP contribution in [0.15, 0.2) is 0 Å². The third-order valence-electron chi connectivity index (χ3n) is 2.59. The van der Waals surface area contributed by atoms with Crippen LogP contribution in [-0.2, 0) is 0 Å². The molecule has 0 aromatic heterocycles. The summed E-state index contributed by atoms with van der Waals surface area (Å²) in [6, 6.07) is -0.266. The molecule has 1 saturated carbocycles. The third kappa shape index (κ3) is 2.17. The summed E-state index contributed by atoms with van der Waals surface area (Å²) in [7, 11) is 0. The summed E-state index contributed by atoms with van der Waals surface area (Å²) in [5.41, 5.74) is 0. The van der Waals surface area contributed by atoms with E-state index >= 15 is 0 Å². The van der Waals surface area contributed by atoms with Crippen molar-refractivity contribution in [2.75, 3.05) is 0 Å². The predicted octanol–water partition coefficient (Wildman–Crippen LogP) is 2.23. The minimum atomic E-state index is -0.266. The Morgan fingerprint density at radius 2 is 1.91 bits per heavy atom. The van der Waals surface area contributed by atoms with Crippen molar-refractivity contribution in [3.8, 4) is 0 Å².